The molecule has 1 aromatic carbocycles. The van der Waals surface area contributed by atoms with E-state index in [1.54, 1.807) is 13.2 Å². The van der Waals surface area contributed by atoms with Gasteiger partial charge in [0.25, 0.3) is 0 Å². The number of pyridine rings is 1. The highest BCUT2D eigenvalue weighted by Gasteiger charge is 2.20. The first kappa shape index (κ1) is 16.6. The smallest absolute Gasteiger partial charge is 0.131 e. The lowest BCUT2D eigenvalue weighted by Gasteiger charge is -2.31. The van der Waals surface area contributed by atoms with Crippen molar-refractivity contribution >= 4 is 5.82 Å². The van der Waals surface area contributed by atoms with Gasteiger partial charge in [0.1, 0.15) is 23.4 Å². The van der Waals surface area contributed by atoms with Crippen LogP contribution in [0.25, 0.3) is 11.3 Å². The molecule has 1 aromatic heterocycles. The van der Waals surface area contributed by atoms with Gasteiger partial charge in [0.05, 0.1) is 12.8 Å². The molecule has 128 valence electrons. The van der Waals surface area contributed by atoms with E-state index in [-0.39, 0.29) is 6.10 Å². The number of anilines is 1. The van der Waals surface area contributed by atoms with Crippen LogP contribution in [0.5, 0.6) is 11.5 Å². The lowest BCUT2D eigenvalue weighted by atomic mass is 10.1. The first-order valence-electron chi connectivity index (χ1n) is 8.49. The van der Waals surface area contributed by atoms with Crippen molar-refractivity contribution in [3.05, 3.63) is 36.4 Å². The van der Waals surface area contributed by atoms with Crippen LogP contribution in [0, 0.1) is 0 Å². The van der Waals surface area contributed by atoms with Gasteiger partial charge < -0.3 is 20.1 Å². The Labute approximate surface area is 143 Å². The van der Waals surface area contributed by atoms with Crippen LogP contribution >= 0.6 is 0 Å². The molecule has 1 saturated heterocycles. The van der Waals surface area contributed by atoms with Crippen molar-refractivity contribution in [1.29, 1.82) is 0 Å². The summed E-state index contributed by atoms with van der Waals surface area (Å²) in [6.07, 6.45) is 2.40. The normalized spacial score (nSPS) is 16.1. The first-order valence-corrected chi connectivity index (χ1v) is 8.49. The third-order valence-corrected chi connectivity index (χ3v) is 4.50. The topological polar surface area (TPSA) is 60.6 Å². The SMILES string of the molecule is CCN1CCC(Oc2ccc(-c3cccc(N)n3)c(OC)c2)CC1. The number of hydrogen-bond donors (Lipinski definition) is 1. The Morgan fingerprint density at radius 3 is 2.67 bits per heavy atom. The molecule has 2 N–H and O–H groups in total. The van der Waals surface area contributed by atoms with E-state index in [0.29, 0.717) is 5.82 Å². The van der Waals surface area contributed by atoms with Crippen LogP contribution in [-0.4, -0.2) is 42.7 Å². The zero-order chi connectivity index (χ0) is 16.9. The summed E-state index contributed by atoms with van der Waals surface area (Å²) >= 11 is 0. The van der Waals surface area contributed by atoms with E-state index in [2.05, 4.69) is 16.8 Å². The molecule has 0 radical (unpaired) electrons. The summed E-state index contributed by atoms with van der Waals surface area (Å²) < 4.78 is 11.7. The van der Waals surface area contributed by atoms with Crippen LogP contribution in [0.15, 0.2) is 36.4 Å². The maximum Gasteiger partial charge on any atom is 0.131 e. The molecule has 2 aromatic rings. The number of likely N-dealkylation sites (tertiary alicyclic amines) is 1. The second-order valence-electron chi connectivity index (χ2n) is 6.06. The first-order chi connectivity index (χ1) is 11.7. The van der Waals surface area contributed by atoms with E-state index in [1.807, 2.05) is 30.3 Å². The van der Waals surface area contributed by atoms with Gasteiger partial charge in [-0.2, -0.15) is 0 Å². The predicted octanol–water partition coefficient (Wildman–Crippen LogP) is 3.20. The zero-order valence-corrected chi connectivity index (χ0v) is 14.4. The lowest BCUT2D eigenvalue weighted by Crippen LogP contribution is -2.37. The molecule has 24 heavy (non-hydrogen) atoms. The van der Waals surface area contributed by atoms with E-state index < -0.39 is 0 Å². The molecular formula is C19H25N3O2. The second kappa shape index (κ2) is 7.53. The van der Waals surface area contributed by atoms with Gasteiger partial charge in [0.2, 0.25) is 0 Å². The lowest BCUT2D eigenvalue weighted by molar-refractivity contribution is 0.103. The van der Waals surface area contributed by atoms with Gasteiger partial charge in [0, 0.05) is 24.7 Å². The van der Waals surface area contributed by atoms with E-state index in [0.717, 1.165) is 55.2 Å². The van der Waals surface area contributed by atoms with Crippen molar-refractivity contribution in [2.24, 2.45) is 0 Å². The van der Waals surface area contributed by atoms with Crippen LogP contribution in [0.1, 0.15) is 19.8 Å². The van der Waals surface area contributed by atoms with Gasteiger partial charge in [-0.1, -0.05) is 13.0 Å². The minimum absolute atomic E-state index is 0.272. The van der Waals surface area contributed by atoms with E-state index >= 15 is 0 Å². The number of rotatable bonds is 5. The summed E-state index contributed by atoms with van der Waals surface area (Å²) in [4.78, 5) is 6.82. The fraction of sp³-hybridized carbons (Fsp3) is 0.421. The fourth-order valence-electron chi connectivity index (χ4n) is 3.09. The van der Waals surface area contributed by atoms with Crippen molar-refractivity contribution in [3.8, 4) is 22.8 Å². The van der Waals surface area contributed by atoms with Crippen LogP contribution in [0.3, 0.4) is 0 Å². The van der Waals surface area contributed by atoms with E-state index in [1.165, 1.54) is 0 Å². The maximum atomic E-state index is 6.15. The Morgan fingerprint density at radius 2 is 2.00 bits per heavy atom. The van der Waals surface area contributed by atoms with Crippen molar-refractivity contribution in [1.82, 2.24) is 9.88 Å². The molecule has 0 atom stereocenters. The summed E-state index contributed by atoms with van der Waals surface area (Å²) in [5, 5.41) is 0. The van der Waals surface area contributed by atoms with Crippen LogP contribution in [-0.2, 0) is 0 Å². The Kier molecular flexibility index (Phi) is 5.20. The molecule has 0 bridgehead atoms. The minimum Gasteiger partial charge on any atom is -0.496 e. The molecule has 0 unspecified atom stereocenters. The van der Waals surface area contributed by atoms with Gasteiger partial charge in [-0.05, 0) is 43.7 Å². The van der Waals surface area contributed by atoms with Crippen LogP contribution in [0.4, 0.5) is 5.82 Å². The summed E-state index contributed by atoms with van der Waals surface area (Å²) in [6, 6.07) is 11.5. The molecule has 1 fully saturated rings. The second-order valence-corrected chi connectivity index (χ2v) is 6.06. The third kappa shape index (κ3) is 3.79. The Morgan fingerprint density at radius 1 is 1.21 bits per heavy atom. The van der Waals surface area contributed by atoms with Gasteiger partial charge in [-0.25, -0.2) is 4.98 Å². The molecule has 0 saturated carbocycles. The Bertz CT molecular complexity index is 682. The van der Waals surface area contributed by atoms with Crippen molar-refractivity contribution in [2.45, 2.75) is 25.9 Å². The molecule has 1 aliphatic heterocycles. The van der Waals surface area contributed by atoms with Gasteiger partial charge in [-0.3, -0.25) is 0 Å². The van der Waals surface area contributed by atoms with Crippen molar-refractivity contribution in [2.75, 3.05) is 32.5 Å². The highest BCUT2D eigenvalue weighted by molar-refractivity contribution is 5.69. The summed E-state index contributed by atoms with van der Waals surface area (Å²) in [5.41, 5.74) is 7.50. The number of nitrogens with two attached hydrogens (primary N) is 1. The van der Waals surface area contributed by atoms with E-state index in [9.17, 15) is 0 Å². The minimum atomic E-state index is 0.272. The van der Waals surface area contributed by atoms with Crippen LogP contribution in [0.2, 0.25) is 0 Å². The molecule has 1 aliphatic rings. The number of nitrogen functional groups attached to an aromatic ring is 1. The third-order valence-electron chi connectivity index (χ3n) is 4.50. The maximum absolute atomic E-state index is 6.15. The number of benzene rings is 1. The van der Waals surface area contributed by atoms with Gasteiger partial charge in [0.15, 0.2) is 0 Å². The highest BCUT2D eigenvalue weighted by atomic mass is 16.5. The average molecular weight is 327 g/mol. The molecule has 5 nitrogen and oxygen atoms in total. The van der Waals surface area contributed by atoms with E-state index in [4.69, 9.17) is 15.2 Å². The molecular weight excluding hydrogens is 302 g/mol. The van der Waals surface area contributed by atoms with Gasteiger partial charge >= 0.3 is 0 Å². The standard InChI is InChI=1S/C19H25N3O2/c1-3-22-11-9-14(10-12-22)24-15-7-8-16(18(13-15)23-2)17-5-4-6-19(20)21-17/h4-8,13-14H,3,9-12H2,1-2H3,(H2,20,21). The highest BCUT2D eigenvalue weighted by Crippen LogP contribution is 2.33. The zero-order valence-electron chi connectivity index (χ0n) is 14.4. The number of ether oxygens (including phenoxy) is 2. The largest absolute Gasteiger partial charge is 0.496 e. The molecule has 5 heteroatoms. The predicted molar refractivity (Wildman–Crippen MR) is 96.4 cm³/mol. The Hall–Kier alpha value is -2.27. The Balaban J connectivity index is 1.75. The molecule has 3 rings (SSSR count). The summed E-state index contributed by atoms with van der Waals surface area (Å²) in [7, 11) is 1.66. The number of nitrogens with zero attached hydrogens (tertiary/aromatic N) is 2. The van der Waals surface area contributed by atoms with Crippen molar-refractivity contribution in [3.63, 3.8) is 0 Å². The molecule has 0 amide bonds. The van der Waals surface area contributed by atoms with Gasteiger partial charge in [-0.15, -0.1) is 0 Å². The number of methoxy groups -OCH3 is 1. The van der Waals surface area contributed by atoms with Crippen LogP contribution < -0.4 is 15.2 Å². The molecule has 2 heterocycles. The number of hydrogen-bond acceptors (Lipinski definition) is 5. The quantitative estimate of drug-likeness (QED) is 0.914. The van der Waals surface area contributed by atoms with Crippen molar-refractivity contribution < 1.29 is 9.47 Å². The molecule has 0 spiro atoms. The monoisotopic (exact) mass is 327 g/mol. The number of aromatic nitrogens is 1. The summed E-state index contributed by atoms with van der Waals surface area (Å²) in [5.74, 6) is 2.09. The number of piperidine rings is 1. The fourth-order valence-corrected chi connectivity index (χ4v) is 3.09. The summed E-state index contributed by atoms with van der Waals surface area (Å²) in [6.45, 7) is 5.52. The average Bonchev–Trinajstić information content (AvgIpc) is 2.62. The molecule has 0 aliphatic carbocycles.